The van der Waals surface area contributed by atoms with Gasteiger partial charge in [-0.2, -0.15) is 5.10 Å². The van der Waals surface area contributed by atoms with Gasteiger partial charge in [0.25, 0.3) is 0 Å². The summed E-state index contributed by atoms with van der Waals surface area (Å²) in [6.07, 6.45) is 6.55. The van der Waals surface area contributed by atoms with E-state index < -0.39 is 9.84 Å². The highest BCUT2D eigenvalue weighted by Gasteiger charge is 2.20. The van der Waals surface area contributed by atoms with Crippen LogP contribution in [0, 0.1) is 5.92 Å². The van der Waals surface area contributed by atoms with E-state index in [0.29, 0.717) is 10.8 Å². The molecule has 1 unspecified atom stereocenters. The highest BCUT2D eigenvalue weighted by Crippen LogP contribution is 2.22. The molecule has 0 radical (unpaired) electrons. The van der Waals surface area contributed by atoms with E-state index in [1.54, 1.807) is 18.3 Å². The third-order valence-corrected chi connectivity index (χ3v) is 5.56. The molecule has 0 spiro atoms. The van der Waals surface area contributed by atoms with Crippen LogP contribution in [0.1, 0.15) is 24.1 Å². The maximum atomic E-state index is 11.5. The fourth-order valence-corrected chi connectivity index (χ4v) is 3.90. The lowest BCUT2D eigenvalue weighted by Gasteiger charge is -2.32. The molecule has 0 aliphatic carbocycles. The Bertz CT molecular complexity index is 724. The number of benzene rings is 1. The van der Waals surface area contributed by atoms with Gasteiger partial charge in [-0.15, -0.1) is 0 Å². The normalized spacial score (nSPS) is 19.8. The number of aromatic amines is 1. The van der Waals surface area contributed by atoms with Gasteiger partial charge in [-0.1, -0.05) is 12.1 Å². The van der Waals surface area contributed by atoms with Crippen LogP contribution in [-0.2, 0) is 22.8 Å². The number of piperidine rings is 1. The van der Waals surface area contributed by atoms with Crippen LogP contribution in [0.2, 0.25) is 0 Å². The summed E-state index contributed by atoms with van der Waals surface area (Å²) < 4.78 is 23.0. The van der Waals surface area contributed by atoms with Crippen LogP contribution in [0.5, 0.6) is 0 Å². The molecule has 1 aliphatic rings. The number of likely N-dealkylation sites (tertiary alicyclic amines) is 1. The van der Waals surface area contributed by atoms with E-state index in [-0.39, 0.29) is 0 Å². The van der Waals surface area contributed by atoms with E-state index in [1.165, 1.54) is 30.4 Å². The first-order chi connectivity index (χ1) is 11.0. The predicted octanol–water partition coefficient (Wildman–Crippen LogP) is 2.27. The van der Waals surface area contributed by atoms with Gasteiger partial charge in [0.2, 0.25) is 0 Å². The van der Waals surface area contributed by atoms with E-state index in [1.807, 2.05) is 18.2 Å². The van der Waals surface area contributed by atoms with Crippen molar-refractivity contribution in [1.82, 2.24) is 15.1 Å². The van der Waals surface area contributed by atoms with Crippen LogP contribution in [-0.4, -0.2) is 42.9 Å². The molecule has 0 saturated carbocycles. The number of nitrogens with zero attached hydrogens (tertiary/aromatic N) is 2. The summed E-state index contributed by atoms with van der Waals surface area (Å²) in [7, 11) is -3.11. The quantitative estimate of drug-likeness (QED) is 0.911. The molecule has 2 aromatic rings. The van der Waals surface area contributed by atoms with Gasteiger partial charge < -0.3 is 0 Å². The molecule has 1 N–H and O–H groups in total. The largest absolute Gasteiger partial charge is 0.299 e. The molecular weight excluding hydrogens is 310 g/mol. The average Bonchev–Trinajstić information content (AvgIpc) is 3.00. The first kappa shape index (κ1) is 16.2. The fraction of sp³-hybridized carbons (Fsp3) is 0.471. The van der Waals surface area contributed by atoms with Crippen molar-refractivity contribution in [2.24, 2.45) is 5.92 Å². The summed E-state index contributed by atoms with van der Waals surface area (Å²) in [5.74, 6) is 0.652. The Morgan fingerprint density at radius 1 is 1.26 bits per heavy atom. The van der Waals surface area contributed by atoms with Crippen LogP contribution in [0.4, 0.5) is 0 Å². The Morgan fingerprint density at radius 2 is 2.04 bits per heavy atom. The molecule has 1 atom stereocenters. The van der Waals surface area contributed by atoms with E-state index in [4.69, 9.17) is 0 Å². The summed E-state index contributed by atoms with van der Waals surface area (Å²) in [4.78, 5) is 2.84. The van der Waals surface area contributed by atoms with Gasteiger partial charge in [0.05, 0.1) is 4.90 Å². The number of hydrogen-bond acceptors (Lipinski definition) is 4. The molecule has 1 saturated heterocycles. The second kappa shape index (κ2) is 6.84. The zero-order valence-corrected chi connectivity index (χ0v) is 14.2. The maximum absolute atomic E-state index is 11.5. The highest BCUT2D eigenvalue weighted by molar-refractivity contribution is 7.90. The smallest absolute Gasteiger partial charge is 0.175 e. The lowest BCUT2D eigenvalue weighted by Crippen LogP contribution is -2.35. The summed E-state index contributed by atoms with van der Waals surface area (Å²) in [6, 6.07) is 9.31. The SMILES string of the molecule is CS(=O)(=O)c1ccc(CN2CCCC(Cc3ccn[nH]3)C2)cc1. The van der Waals surface area contributed by atoms with Crippen molar-refractivity contribution in [2.75, 3.05) is 19.3 Å². The molecule has 3 rings (SSSR count). The molecule has 1 fully saturated rings. The van der Waals surface area contributed by atoms with E-state index in [0.717, 1.165) is 26.1 Å². The van der Waals surface area contributed by atoms with Crippen molar-refractivity contribution in [1.29, 1.82) is 0 Å². The van der Waals surface area contributed by atoms with Crippen molar-refractivity contribution in [2.45, 2.75) is 30.7 Å². The minimum absolute atomic E-state index is 0.386. The Morgan fingerprint density at radius 3 is 2.70 bits per heavy atom. The van der Waals surface area contributed by atoms with Crippen LogP contribution in [0.25, 0.3) is 0 Å². The molecule has 0 bridgehead atoms. The third kappa shape index (κ3) is 4.42. The fourth-order valence-electron chi connectivity index (χ4n) is 3.27. The number of hydrogen-bond donors (Lipinski definition) is 1. The molecule has 23 heavy (non-hydrogen) atoms. The van der Waals surface area contributed by atoms with Gasteiger partial charge in [0.15, 0.2) is 9.84 Å². The van der Waals surface area contributed by atoms with Gasteiger partial charge >= 0.3 is 0 Å². The number of nitrogens with one attached hydrogen (secondary N) is 1. The number of rotatable bonds is 5. The van der Waals surface area contributed by atoms with Crippen LogP contribution in [0.15, 0.2) is 41.4 Å². The summed E-state index contributed by atoms with van der Waals surface area (Å²) in [5, 5.41) is 7.06. The van der Waals surface area contributed by atoms with Gasteiger partial charge in [-0.3, -0.25) is 10.00 Å². The van der Waals surface area contributed by atoms with Crippen molar-refractivity contribution in [3.63, 3.8) is 0 Å². The van der Waals surface area contributed by atoms with Crippen molar-refractivity contribution in [3.8, 4) is 0 Å². The van der Waals surface area contributed by atoms with E-state index in [2.05, 4.69) is 15.1 Å². The van der Waals surface area contributed by atoms with Crippen molar-refractivity contribution in [3.05, 3.63) is 47.8 Å². The second-order valence-electron chi connectivity index (χ2n) is 6.45. The van der Waals surface area contributed by atoms with E-state index in [9.17, 15) is 8.42 Å². The topological polar surface area (TPSA) is 66.1 Å². The Kier molecular flexibility index (Phi) is 4.82. The predicted molar refractivity (Wildman–Crippen MR) is 89.8 cm³/mol. The molecule has 2 heterocycles. The highest BCUT2D eigenvalue weighted by atomic mass is 32.2. The summed E-state index contributed by atoms with van der Waals surface area (Å²) in [5.41, 5.74) is 2.37. The zero-order chi connectivity index (χ0) is 16.3. The molecule has 6 heteroatoms. The van der Waals surface area contributed by atoms with Gasteiger partial charge in [0, 0.05) is 31.2 Å². The summed E-state index contributed by atoms with van der Waals surface area (Å²) in [6.45, 7) is 3.06. The number of H-pyrrole nitrogens is 1. The molecular formula is C17H23N3O2S. The average molecular weight is 333 g/mol. The lowest BCUT2D eigenvalue weighted by atomic mass is 9.93. The Balaban J connectivity index is 1.59. The lowest BCUT2D eigenvalue weighted by molar-refractivity contribution is 0.166. The van der Waals surface area contributed by atoms with Crippen LogP contribution >= 0.6 is 0 Å². The standard InChI is InChI=1S/C17H23N3O2S/c1-23(21,22)17-6-4-14(5-7-17)12-20-10-2-3-15(13-20)11-16-8-9-18-19-16/h4-9,15H,2-3,10-13H2,1H3,(H,18,19). The monoisotopic (exact) mass is 333 g/mol. The zero-order valence-electron chi connectivity index (χ0n) is 13.4. The van der Waals surface area contributed by atoms with Gasteiger partial charge in [-0.05, 0) is 55.5 Å². The molecule has 5 nitrogen and oxygen atoms in total. The molecule has 1 aromatic heterocycles. The Hall–Kier alpha value is -1.66. The molecule has 1 aliphatic heterocycles. The Labute approximate surface area is 137 Å². The number of aromatic nitrogens is 2. The molecule has 124 valence electrons. The second-order valence-corrected chi connectivity index (χ2v) is 8.46. The molecule has 0 amide bonds. The van der Waals surface area contributed by atoms with Gasteiger partial charge in [0.1, 0.15) is 0 Å². The van der Waals surface area contributed by atoms with Crippen molar-refractivity contribution < 1.29 is 8.42 Å². The van der Waals surface area contributed by atoms with Crippen LogP contribution < -0.4 is 0 Å². The first-order valence-electron chi connectivity index (χ1n) is 8.00. The van der Waals surface area contributed by atoms with Gasteiger partial charge in [-0.25, -0.2) is 8.42 Å². The third-order valence-electron chi connectivity index (χ3n) is 4.43. The molecule has 1 aromatic carbocycles. The van der Waals surface area contributed by atoms with Crippen molar-refractivity contribution >= 4 is 9.84 Å². The minimum atomic E-state index is -3.11. The maximum Gasteiger partial charge on any atom is 0.175 e. The number of sulfone groups is 1. The van der Waals surface area contributed by atoms with Crippen LogP contribution in [0.3, 0.4) is 0 Å². The summed E-state index contributed by atoms with van der Waals surface area (Å²) >= 11 is 0. The van der Waals surface area contributed by atoms with E-state index >= 15 is 0 Å². The minimum Gasteiger partial charge on any atom is -0.299 e. The first-order valence-corrected chi connectivity index (χ1v) is 9.89.